The summed E-state index contributed by atoms with van der Waals surface area (Å²) in [6.45, 7) is 0.296. The summed E-state index contributed by atoms with van der Waals surface area (Å²) in [6.07, 6.45) is 0. The van der Waals surface area contributed by atoms with Gasteiger partial charge in [-0.05, 0) is 34.4 Å². The fraction of sp³-hybridized carbons (Fsp3) is 0.115. The third-order valence-corrected chi connectivity index (χ3v) is 6.43. The van der Waals surface area contributed by atoms with Gasteiger partial charge in [0.05, 0.1) is 5.75 Å². The number of rotatable bonds is 7. The monoisotopic (exact) mass is 454 g/mol. The van der Waals surface area contributed by atoms with E-state index in [1.165, 1.54) is 17.1 Å². The van der Waals surface area contributed by atoms with Gasteiger partial charge in [0, 0.05) is 18.1 Å². The number of hydrogen-bond donors (Lipinski definition) is 1. The van der Waals surface area contributed by atoms with E-state index in [1.54, 1.807) is 0 Å². The fourth-order valence-corrected chi connectivity index (χ4v) is 4.38. The molecule has 33 heavy (non-hydrogen) atoms. The Bertz CT molecular complexity index is 1440. The van der Waals surface area contributed by atoms with Gasteiger partial charge in [0.1, 0.15) is 12.4 Å². The molecule has 164 valence electrons. The number of fused-ring (bicyclic) bond motifs is 2. The smallest absolute Gasteiger partial charge is 0.234 e. The average Bonchev–Trinajstić information content (AvgIpc) is 3.20. The Balaban J connectivity index is 1.19. The molecule has 0 bridgehead atoms. The molecule has 5 aromatic rings. The number of nitrogens with zero attached hydrogens (tertiary/aromatic N) is 3. The minimum absolute atomic E-state index is 0.0895. The van der Waals surface area contributed by atoms with Crippen LogP contribution < -0.4 is 10.1 Å². The number of benzene rings is 4. The molecule has 0 aliphatic carbocycles. The third kappa shape index (κ3) is 4.68. The molecular formula is C26H22N4O2S. The summed E-state index contributed by atoms with van der Waals surface area (Å²) in [6, 6.07) is 28.0. The van der Waals surface area contributed by atoms with E-state index >= 15 is 0 Å². The first-order valence-corrected chi connectivity index (χ1v) is 11.6. The van der Waals surface area contributed by atoms with Gasteiger partial charge >= 0.3 is 0 Å². The second-order valence-corrected chi connectivity index (χ2v) is 8.56. The van der Waals surface area contributed by atoms with E-state index in [1.807, 2.05) is 84.4 Å². The molecule has 0 saturated heterocycles. The predicted molar refractivity (Wildman–Crippen MR) is 133 cm³/mol. The molecule has 1 amide bonds. The number of carbonyl (C=O) groups is 1. The number of anilines is 1. The number of aromatic nitrogens is 3. The maximum absolute atomic E-state index is 12.6. The van der Waals surface area contributed by atoms with E-state index in [-0.39, 0.29) is 11.7 Å². The highest BCUT2D eigenvalue weighted by molar-refractivity contribution is 7.99. The molecule has 1 heterocycles. The lowest BCUT2D eigenvalue weighted by molar-refractivity contribution is -0.113. The molecule has 1 N–H and O–H groups in total. The quantitative estimate of drug-likeness (QED) is 0.332. The molecular weight excluding hydrogens is 432 g/mol. The van der Waals surface area contributed by atoms with E-state index in [9.17, 15) is 4.79 Å². The van der Waals surface area contributed by atoms with Gasteiger partial charge in [-0.3, -0.25) is 4.79 Å². The van der Waals surface area contributed by atoms with E-state index in [0.29, 0.717) is 17.6 Å². The molecule has 0 aliphatic heterocycles. The molecule has 6 nitrogen and oxygen atoms in total. The molecule has 0 unspecified atom stereocenters. The number of nitrogens with one attached hydrogen (secondary N) is 1. The van der Waals surface area contributed by atoms with Gasteiger partial charge in [-0.25, -0.2) is 0 Å². The van der Waals surface area contributed by atoms with Crippen molar-refractivity contribution in [1.82, 2.24) is 14.8 Å². The second kappa shape index (κ2) is 9.34. The van der Waals surface area contributed by atoms with Crippen molar-refractivity contribution in [3.05, 3.63) is 90.8 Å². The topological polar surface area (TPSA) is 69.0 Å². The average molecular weight is 455 g/mol. The minimum Gasteiger partial charge on any atom is -0.486 e. The van der Waals surface area contributed by atoms with Gasteiger partial charge in [-0.1, -0.05) is 78.5 Å². The first kappa shape index (κ1) is 21.0. The zero-order valence-electron chi connectivity index (χ0n) is 18.1. The highest BCUT2D eigenvalue weighted by Gasteiger charge is 2.13. The van der Waals surface area contributed by atoms with Crippen molar-refractivity contribution in [2.24, 2.45) is 7.05 Å². The zero-order valence-corrected chi connectivity index (χ0v) is 18.9. The first-order valence-electron chi connectivity index (χ1n) is 10.6. The number of ether oxygens (including phenoxy) is 1. The molecule has 0 radical (unpaired) electrons. The Labute approximate surface area is 195 Å². The Kier molecular flexibility index (Phi) is 5.95. The molecule has 7 heteroatoms. The van der Waals surface area contributed by atoms with Crippen LogP contribution in [0.5, 0.6) is 5.75 Å². The van der Waals surface area contributed by atoms with Crippen LogP contribution in [0, 0.1) is 0 Å². The van der Waals surface area contributed by atoms with Crippen LogP contribution in [0.25, 0.3) is 21.5 Å². The number of carbonyl (C=O) groups excluding carboxylic acids is 1. The summed E-state index contributed by atoms with van der Waals surface area (Å²) in [5.41, 5.74) is 0.807. The molecule has 0 saturated carbocycles. The van der Waals surface area contributed by atoms with Crippen LogP contribution in [-0.4, -0.2) is 26.4 Å². The van der Waals surface area contributed by atoms with Gasteiger partial charge in [0.2, 0.25) is 5.91 Å². The molecule has 4 aromatic carbocycles. The van der Waals surface area contributed by atoms with Crippen molar-refractivity contribution in [1.29, 1.82) is 0 Å². The summed E-state index contributed by atoms with van der Waals surface area (Å²) in [7, 11) is 1.88. The van der Waals surface area contributed by atoms with Crippen LogP contribution in [0.2, 0.25) is 0 Å². The summed E-state index contributed by atoms with van der Waals surface area (Å²) >= 11 is 1.35. The van der Waals surface area contributed by atoms with Crippen molar-refractivity contribution in [2.75, 3.05) is 11.1 Å². The maximum atomic E-state index is 12.6. The largest absolute Gasteiger partial charge is 0.486 e. The van der Waals surface area contributed by atoms with E-state index < -0.39 is 0 Å². The molecule has 0 aliphatic rings. The van der Waals surface area contributed by atoms with Crippen molar-refractivity contribution in [3.63, 3.8) is 0 Å². The Hall–Kier alpha value is -3.84. The van der Waals surface area contributed by atoms with Gasteiger partial charge in [0.15, 0.2) is 11.0 Å². The molecule has 0 atom stereocenters. The lowest BCUT2D eigenvalue weighted by atomic mass is 10.1. The van der Waals surface area contributed by atoms with Crippen LogP contribution in [0.15, 0.2) is 90.1 Å². The number of thioether (sulfide) groups is 1. The third-order valence-electron chi connectivity index (χ3n) is 5.41. The maximum Gasteiger partial charge on any atom is 0.234 e. The molecule has 0 fully saturated rings. The highest BCUT2D eigenvalue weighted by atomic mass is 32.2. The fourth-order valence-electron chi connectivity index (χ4n) is 3.65. The van der Waals surface area contributed by atoms with E-state index in [4.69, 9.17) is 4.74 Å². The van der Waals surface area contributed by atoms with Crippen molar-refractivity contribution >= 4 is 44.9 Å². The number of amides is 1. The lowest BCUT2D eigenvalue weighted by Gasteiger charge is -2.09. The van der Waals surface area contributed by atoms with Crippen LogP contribution in [0.3, 0.4) is 0 Å². The van der Waals surface area contributed by atoms with Crippen LogP contribution in [-0.2, 0) is 18.4 Å². The van der Waals surface area contributed by atoms with Crippen LogP contribution in [0.4, 0.5) is 5.69 Å². The van der Waals surface area contributed by atoms with Gasteiger partial charge < -0.3 is 14.6 Å². The standard InChI is InChI=1S/C26H22N4O2S/c1-30-24(16-32-21-14-13-18-7-2-3-9-20(18)15-21)28-29-26(30)33-17-25(31)27-23-12-6-10-19-8-4-5-11-22(19)23/h2-15H,16-17H2,1H3,(H,27,31). The molecule has 5 rings (SSSR count). The Morgan fingerprint density at radius 2 is 1.67 bits per heavy atom. The molecule has 1 aromatic heterocycles. The molecule has 0 spiro atoms. The van der Waals surface area contributed by atoms with Gasteiger partial charge in [-0.15, -0.1) is 10.2 Å². The van der Waals surface area contributed by atoms with Crippen molar-refractivity contribution in [2.45, 2.75) is 11.8 Å². The van der Waals surface area contributed by atoms with Gasteiger partial charge in [-0.2, -0.15) is 0 Å². The van der Waals surface area contributed by atoms with Crippen LogP contribution in [0.1, 0.15) is 5.82 Å². The SMILES string of the molecule is Cn1c(COc2ccc3ccccc3c2)nnc1SCC(=O)Nc1cccc2ccccc12. The predicted octanol–water partition coefficient (Wildman–Crippen LogP) is 5.43. The van der Waals surface area contributed by atoms with Gasteiger partial charge in [0.25, 0.3) is 0 Å². The van der Waals surface area contributed by atoms with E-state index in [0.717, 1.165) is 27.6 Å². The summed E-state index contributed by atoms with van der Waals surface area (Å²) < 4.78 is 7.79. The first-order chi connectivity index (χ1) is 16.2. The lowest BCUT2D eigenvalue weighted by Crippen LogP contribution is -2.14. The summed E-state index contributed by atoms with van der Waals surface area (Å²) in [4.78, 5) is 12.6. The summed E-state index contributed by atoms with van der Waals surface area (Å²) in [5.74, 6) is 1.62. The zero-order chi connectivity index (χ0) is 22.6. The highest BCUT2D eigenvalue weighted by Crippen LogP contribution is 2.24. The summed E-state index contributed by atoms with van der Waals surface area (Å²) in [5, 5.41) is 16.5. The Morgan fingerprint density at radius 3 is 2.55 bits per heavy atom. The van der Waals surface area contributed by atoms with Crippen LogP contribution >= 0.6 is 11.8 Å². The number of hydrogen-bond acceptors (Lipinski definition) is 5. The van der Waals surface area contributed by atoms with E-state index in [2.05, 4.69) is 27.6 Å². The normalized spacial score (nSPS) is 11.1. The Morgan fingerprint density at radius 1 is 0.909 bits per heavy atom. The second-order valence-electron chi connectivity index (χ2n) is 7.62. The van der Waals surface area contributed by atoms with Crippen molar-refractivity contribution < 1.29 is 9.53 Å². The minimum atomic E-state index is -0.0895. The van der Waals surface area contributed by atoms with Crippen molar-refractivity contribution in [3.8, 4) is 5.75 Å².